The molecule has 0 bridgehead atoms. The minimum atomic E-state index is -0.402. The van der Waals surface area contributed by atoms with E-state index in [-0.39, 0.29) is 5.56 Å². The van der Waals surface area contributed by atoms with E-state index in [1.54, 1.807) is 6.92 Å². The summed E-state index contributed by atoms with van der Waals surface area (Å²) >= 11 is 0. The maximum absolute atomic E-state index is 11.7. The van der Waals surface area contributed by atoms with Crippen LogP contribution in [-0.4, -0.2) is 9.55 Å². The van der Waals surface area contributed by atoms with E-state index in [4.69, 9.17) is 0 Å². The fourth-order valence-electron chi connectivity index (χ4n) is 1.86. The number of hydrogen-bond donors (Lipinski definition) is 2. The van der Waals surface area contributed by atoms with E-state index in [2.05, 4.69) is 10.3 Å². The van der Waals surface area contributed by atoms with Gasteiger partial charge in [0.25, 0.3) is 5.56 Å². The SMILES string of the molecule is CC.CCn1c(=O)cc(Nc2ccc(C)c(C)c2)[nH]c1=O. The highest BCUT2D eigenvalue weighted by molar-refractivity contribution is 5.57. The third-order valence-electron chi connectivity index (χ3n) is 3.12. The van der Waals surface area contributed by atoms with Crippen molar-refractivity contribution in [2.45, 2.75) is 41.2 Å². The Morgan fingerprint density at radius 3 is 2.29 bits per heavy atom. The molecule has 5 nitrogen and oxygen atoms in total. The molecule has 1 aromatic heterocycles. The van der Waals surface area contributed by atoms with E-state index in [1.807, 2.05) is 45.9 Å². The van der Waals surface area contributed by atoms with Crippen molar-refractivity contribution in [3.8, 4) is 0 Å². The van der Waals surface area contributed by atoms with Gasteiger partial charge in [0.05, 0.1) is 0 Å². The van der Waals surface area contributed by atoms with Crippen LogP contribution in [0.5, 0.6) is 0 Å². The topological polar surface area (TPSA) is 66.9 Å². The Balaban J connectivity index is 0.00000106. The zero-order valence-corrected chi connectivity index (χ0v) is 13.3. The highest BCUT2D eigenvalue weighted by Crippen LogP contribution is 2.16. The van der Waals surface area contributed by atoms with Gasteiger partial charge < -0.3 is 5.32 Å². The zero-order chi connectivity index (χ0) is 16.0. The lowest BCUT2D eigenvalue weighted by molar-refractivity contribution is 0.674. The number of H-pyrrole nitrogens is 1. The third kappa shape index (κ3) is 4.08. The van der Waals surface area contributed by atoms with Gasteiger partial charge in [-0.3, -0.25) is 14.3 Å². The largest absolute Gasteiger partial charge is 0.342 e. The van der Waals surface area contributed by atoms with Crippen molar-refractivity contribution in [1.29, 1.82) is 0 Å². The second-order valence-electron chi connectivity index (χ2n) is 4.49. The molecule has 0 saturated carbocycles. The van der Waals surface area contributed by atoms with Crippen molar-refractivity contribution in [2.75, 3.05) is 5.32 Å². The smallest absolute Gasteiger partial charge is 0.329 e. The molecule has 5 heteroatoms. The van der Waals surface area contributed by atoms with Gasteiger partial charge in [-0.2, -0.15) is 0 Å². The minimum absolute atomic E-state index is 0.308. The van der Waals surface area contributed by atoms with Gasteiger partial charge in [-0.25, -0.2) is 4.79 Å². The fraction of sp³-hybridized carbons (Fsp3) is 0.375. The summed E-state index contributed by atoms with van der Waals surface area (Å²) in [5, 5.41) is 3.04. The van der Waals surface area contributed by atoms with Crippen LogP contribution in [0.1, 0.15) is 31.9 Å². The summed E-state index contributed by atoms with van der Waals surface area (Å²) < 4.78 is 1.14. The Hall–Kier alpha value is -2.30. The molecule has 2 N–H and O–H groups in total. The quantitative estimate of drug-likeness (QED) is 0.913. The van der Waals surface area contributed by atoms with Gasteiger partial charge in [-0.1, -0.05) is 19.9 Å². The molecule has 2 rings (SSSR count). The molecular formula is C16H23N3O2. The highest BCUT2D eigenvalue weighted by atomic mass is 16.2. The van der Waals surface area contributed by atoms with E-state index < -0.39 is 5.69 Å². The van der Waals surface area contributed by atoms with Gasteiger partial charge in [-0.05, 0) is 44.0 Å². The highest BCUT2D eigenvalue weighted by Gasteiger charge is 2.03. The Morgan fingerprint density at radius 1 is 1.10 bits per heavy atom. The minimum Gasteiger partial charge on any atom is -0.342 e. The molecule has 0 aliphatic carbocycles. The molecule has 0 atom stereocenters. The van der Waals surface area contributed by atoms with Crippen LogP contribution >= 0.6 is 0 Å². The van der Waals surface area contributed by atoms with Gasteiger partial charge in [0, 0.05) is 18.3 Å². The van der Waals surface area contributed by atoms with Crippen molar-refractivity contribution in [1.82, 2.24) is 9.55 Å². The van der Waals surface area contributed by atoms with Gasteiger partial charge in [-0.15, -0.1) is 0 Å². The van der Waals surface area contributed by atoms with Gasteiger partial charge >= 0.3 is 5.69 Å². The normalized spacial score (nSPS) is 9.76. The van der Waals surface area contributed by atoms with Crippen LogP contribution < -0.4 is 16.6 Å². The van der Waals surface area contributed by atoms with Gasteiger partial charge in [0.15, 0.2) is 0 Å². The molecule has 1 heterocycles. The van der Waals surface area contributed by atoms with E-state index >= 15 is 0 Å². The van der Waals surface area contributed by atoms with Crippen molar-refractivity contribution >= 4 is 11.5 Å². The standard InChI is InChI=1S/C14H17N3O2.C2H6/c1-4-17-13(18)8-12(16-14(17)19)15-11-6-5-9(2)10(3)7-11;1-2/h5-8,15H,4H2,1-3H3,(H,16,19);1-2H3. The molecule has 0 aliphatic rings. The summed E-state index contributed by atoms with van der Waals surface area (Å²) in [6.07, 6.45) is 0. The lowest BCUT2D eigenvalue weighted by Crippen LogP contribution is -2.34. The third-order valence-corrected chi connectivity index (χ3v) is 3.12. The van der Waals surface area contributed by atoms with E-state index in [9.17, 15) is 9.59 Å². The second kappa shape index (κ2) is 7.47. The number of aromatic nitrogens is 2. The first-order chi connectivity index (χ1) is 10.0. The summed E-state index contributed by atoms with van der Waals surface area (Å²) in [6.45, 7) is 10.2. The lowest BCUT2D eigenvalue weighted by Gasteiger charge is -2.09. The van der Waals surface area contributed by atoms with Crippen LogP contribution in [0, 0.1) is 13.8 Å². The van der Waals surface area contributed by atoms with Crippen molar-refractivity contribution in [3.63, 3.8) is 0 Å². The molecule has 0 spiro atoms. The Bertz CT molecular complexity index is 683. The summed E-state index contributed by atoms with van der Waals surface area (Å²) in [6, 6.07) is 7.26. The molecule has 0 saturated heterocycles. The van der Waals surface area contributed by atoms with Crippen LogP contribution in [0.4, 0.5) is 11.5 Å². The Kier molecular flexibility index (Phi) is 5.96. The predicted octanol–water partition coefficient (Wildman–Crippen LogP) is 2.94. The van der Waals surface area contributed by atoms with Crippen molar-refractivity contribution in [2.24, 2.45) is 0 Å². The molecule has 0 fully saturated rings. The van der Waals surface area contributed by atoms with Crippen molar-refractivity contribution < 1.29 is 0 Å². The molecular weight excluding hydrogens is 266 g/mol. The molecule has 21 heavy (non-hydrogen) atoms. The number of nitrogens with zero attached hydrogens (tertiary/aromatic N) is 1. The van der Waals surface area contributed by atoms with E-state index in [1.165, 1.54) is 11.6 Å². The molecule has 0 unspecified atom stereocenters. The number of aromatic amines is 1. The zero-order valence-electron chi connectivity index (χ0n) is 13.3. The number of hydrogen-bond acceptors (Lipinski definition) is 3. The number of nitrogens with one attached hydrogen (secondary N) is 2. The molecule has 2 aromatic rings. The Morgan fingerprint density at radius 2 is 1.76 bits per heavy atom. The summed E-state index contributed by atoms with van der Waals surface area (Å²) in [4.78, 5) is 26.0. The fourth-order valence-corrected chi connectivity index (χ4v) is 1.86. The van der Waals surface area contributed by atoms with E-state index in [0.29, 0.717) is 12.4 Å². The molecule has 0 amide bonds. The maximum Gasteiger partial charge on any atom is 0.329 e. The number of aryl methyl sites for hydroxylation is 2. The first-order valence-corrected chi connectivity index (χ1v) is 7.19. The van der Waals surface area contributed by atoms with Crippen LogP contribution in [0.15, 0.2) is 33.9 Å². The van der Waals surface area contributed by atoms with Crippen LogP contribution in [-0.2, 0) is 6.54 Å². The molecule has 114 valence electrons. The summed E-state index contributed by atoms with van der Waals surface area (Å²) in [5.41, 5.74) is 2.47. The average molecular weight is 289 g/mol. The molecule has 0 aliphatic heterocycles. The van der Waals surface area contributed by atoms with Crippen LogP contribution in [0.3, 0.4) is 0 Å². The Labute approximate surface area is 124 Å². The lowest BCUT2D eigenvalue weighted by atomic mass is 10.1. The van der Waals surface area contributed by atoms with Crippen LogP contribution in [0.2, 0.25) is 0 Å². The van der Waals surface area contributed by atoms with E-state index in [0.717, 1.165) is 15.8 Å². The average Bonchev–Trinajstić information content (AvgIpc) is 2.45. The first kappa shape index (κ1) is 16.8. The number of anilines is 2. The second-order valence-corrected chi connectivity index (χ2v) is 4.49. The van der Waals surface area contributed by atoms with Crippen molar-refractivity contribution in [3.05, 3.63) is 56.2 Å². The monoisotopic (exact) mass is 289 g/mol. The number of benzene rings is 1. The van der Waals surface area contributed by atoms with Gasteiger partial charge in [0.1, 0.15) is 5.82 Å². The van der Waals surface area contributed by atoms with Crippen LogP contribution in [0.25, 0.3) is 0 Å². The summed E-state index contributed by atoms with van der Waals surface area (Å²) in [5.74, 6) is 0.406. The summed E-state index contributed by atoms with van der Waals surface area (Å²) in [7, 11) is 0. The molecule has 1 aromatic carbocycles. The first-order valence-electron chi connectivity index (χ1n) is 7.19. The number of rotatable bonds is 3. The predicted molar refractivity (Wildman–Crippen MR) is 87.5 cm³/mol. The van der Waals surface area contributed by atoms with Gasteiger partial charge in [0.2, 0.25) is 0 Å². The molecule has 0 radical (unpaired) electrons. The maximum atomic E-state index is 11.7.